The highest BCUT2D eigenvalue weighted by Gasteiger charge is 2.24. The predicted molar refractivity (Wildman–Crippen MR) is 90.7 cm³/mol. The summed E-state index contributed by atoms with van der Waals surface area (Å²) >= 11 is 1.67. The number of aromatic nitrogens is 2. The molecule has 1 aliphatic rings. The van der Waals surface area contributed by atoms with Crippen LogP contribution in [0.1, 0.15) is 29.2 Å². The Morgan fingerprint density at radius 3 is 3.04 bits per heavy atom. The molecule has 7 heteroatoms. The fraction of sp³-hybridized carbons (Fsp3) is 0.438. The molecule has 2 aromatic heterocycles. The van der Waals surface area contributed by atoms with Crippen LogP contribution in [0.25, 0.3) is 0 Å². The Morgan fingerprint density at radius 2 is 2.26 bits per heavy atom. The van der Waals surface area contributed by atoms with E-state index in [-0.39, 0.29) is 11.9 Å². The average Bonchev–Trinajstić information content (AvgIpc) is 3.05. The van der Waals surface area contributed by atoms with Gasteiger partial charge in [0.05, 0.1) is 5.75 Å². The lowest BCUT2D eigenvalue weighted by atomic mass is 10.1. The summed E-state index contributed by atoms with van der Waals surface area (Å²) in [5, 5.41) is 3.05. The number of thioether (sulfide) groups is 1. The van der Waals surface area contributed by atoms with E-state index in [1.54, 1.807) is 36.3 Å². The Labute approximate surface area is 139 Å². The standard InChI is InChI=1S/C16H20N4O2S/c1-23-11-13-5-6-14(22-13)15(21)19-12-4-2-9-20(10-12)16-17-7-3-8-18-16/h3,5-8,12H,2,4,9-11H2,1H3,(H,19,21)/t12-/m0/s1. The molecule has 0 radical (unpaired) electrons. The van der Waals surface area contributed by atoms with Crippen molar-refractivity contribution in [1.29, 1.82) is 0 Å². The third kappa shape index (κ3) is 4.04. The van der Waals surface area contributed by atoms with E-state index in [0.717, 1.165) is 30.9 Å². The van der Waals surface area contributed by atoms with Crippen LogP contribution >= 0.6 is 11.8 Å². The minimum Gasteiger partial charge on any atom is -0.455 e. The van der Waals surface area contributed by atoms with Gasteiger partial charge in [-0.2, -0.15) is 11.8 Å². The monoisotopic (exact) mass is 332 g/mol. The topological polar surface area (TPSA) is 71.3 Å². The summed E-state index contributed by atoms with van der Waals surface area (Å²) in [6, 6.07) is 5.47. The van der Waals surface area contributed by atoms with Gasteiger partial charge in [0.25, 0.3) is 5.91 Å². The predicted octanol–water partition coefficient (Wildman–Crippen LogP) is 2.33. The molecule has 2 aromatic rings. The summed E-state index contributed by atoms with van der Waals surface area (Å²) in [5.74, 6) is 2.54. The van der Waals surface area contributed by atoms with Gasteiger partial charge in [-0.1, -0.05) is 0 Å². The maximum absolute atomic E-state index is 12.3. The molecule has 1 saturated heterocycles. The van der Waals surface area contributed by atoms with Gasteiger partial charge in [0.15, 0.2) is 5.76 Å². The van der Waals surface area contributed by atoms with Crippen molar-refractivity contribution >= 4 is 23.6 Å². The number of hydrogen-bond acceptors (Lipinski definition) is 6. The maximum Gasteiger partial charge on any atom is 0.287 e. The van der Waals surface area contributed by atoms with E-state index < -0.39 is 0 Å². The van der Waals surface area contributed by atoms with Crippen LogP contribution in [0.15, 0.2) is 35.0 Å². The number of rotatable bonds is 5. The van der Waals surface area contributed by atoms with E-state index in [4.69, 9.17) is 4.42 Å². The number of amides is 1. The molecule has 0 spiro atoms. The van der Waals surface area contributed by atoms with Crippen molar-refractivity contribution in [3.8, 4) is 0 Å². The summed E-state index contributed by atoms with van der Waals surface area (Å²) in [6.45, 7) is 1.63. The normalized spacial score (nSPS) is 18.0. The van der Waals surface area contributed by atoms with Gasteiger partial charge in [-0.25, -0.2) is 9.97 Å². The van der Waals surface area contributed by atoms with Crippen LogP contribution in [0, 0.1) is 0 Å². The SMILES string of the molecule is CSCc1ccc(C(=O)N[C@H]2CCCN(c3ncccn3)C2)o1. The summed E-state index contributed by atoms with van der Waals surface area (Å²) in [4.78, 5) is 23.0. The van der Waals surface area contributed by atoms with Crippen LogP contribution < -0.4 is 10.2 Å². The molecule has 1 aliphatic heterocycles. The molecule has 1 amide bonds. The molecule has 6 nitrogen and oxygen atoms in total. The fourth-order valence-electron chi connectivity index (χ4n) is 2.71. The van der Waals surface area contributed by atoms with Gasteiger partial charge in [0, 0.05) is 31.5 Å². The van der Waals surface area contributed by atoms with Crippen molar-refractivity contribution in [3.63, 3.8) is 0 Å². The van der Waals surface area contributed by atoms with E-state index in [9.17, 15) is 4.79 Å². The number of carbonyl (C=O) groups is 1. The number of carbonyl (C=O) groups excluding carboxylic acids is 1. The second-order valence-electron chi connectivity index (χ2n) is 5.51. The molecule has 23 heavy (non-hydrogen) atoms. The lowest BCUT2D eigenvalue weighted by molar-refractivity contribution is 0.0903. The molecular formula is C16H20N4O2S. The first-order valence-corrected chi connectivity index (χ1v) is 9.06. The van der Waals surface area contributed by atoms with Crippen LogP contribution in [0.3, 0.4) is 0 Å². The second-order valence-corrected chi connectivity index (χ2v) is 6.37. The highest BCUT2D eigenvalue weighted by atomic mass is 32.2. The number of piperidine rings is 1. The third-order valence-electron chi connectivity index (χ3n) is 3.76. The summed E-state index contributed by atoms with van der Waals surface area (Å²) < 4.78 is 5.57. The Hall–Kier alpha value is -2.02. The molecule has 0 unspecified atom stereocenters. The van der Waals surface area contributed by atoms with Gasteiger partial charge in [-0.3, -0.25) is 4.79 Å². The van der Waals surface area contributed by atoms with Crippen molar-refractivity contribution < 1.29 is 9.21 Å². The highest BCUT2D eigenvalue weighted by molar-refractivity contribution is 7.97. The summed E-state index contributed by atoms with van der Waals surface area (Å²) in [6.07, 6.45) is 7.43. The minimum atomic E-state index is -0.154. The summed E-state index contributed by atoms with van der Waals surface area (Å²) in [7, 11) is 0. The van der Waals surface area contributed by atoms with Crippen molar-refractivity contribution in [2.75, 3.05) is 24.2 Å². The van der Waals surface area contributed by atoms with Crippen LogP contribution in [0.4, 0.5) is 5.95 Å². The van der Waals surface area contributed by atoms with Crippen molar-refractivity contribution in [2.45, 2.75) is 24.6 Å². The molecule has 1 fully saturated rings. The van der Waals surface area contributed by atoms with Crippen LogP contribution in [0.2, 0.25) is 0 Å². The number of nitrogens with zero attached hydrogens (tertiary/aromatic N) is 3. The Bertz CT molecular complexity index is 647. The minimum absolute atomic E-state index is 0.0779. The quantitative estimate of drug-likeness (QED) is 0.906. The van der Waals surface area contributed by atoms with Crippen LogP contribution in [0.5, 0.6) is 0 Å². The zero-order valence-electron chi connectivity index (χ0n) is 13.1. The van der Waals surface area contributed by atoms with Gasteiger partial charge in [-0.05, 0) is 37.3 Å². The third-order valence-corrected chi connectivity index (χ3v) is 4.34. The largest absolute Gasteiger partial charge is 0.455 e. The second kappa shape index (κ2) is 7.50. The van der Waals surface area contributed by atoms with Crippen molar-refractivity contribution in [1.82, 2.24) is 15.3 Å². The Balaban J connectivity index is 1.59. The first-order chi connectivity index (χ1) is 11.3. The Morgan fingerprint density at radius 1 is 1.43 bits per heavy atom. The maximum atomic E-state index is 12.3. The van der Waals surface area contributed by atoms with Crippen molar-refractivity contribution in [2.24, 2.45) is 0 Å². The molecule has 0 aliphatic carbocycles. The number of anilines is 1. The smallest absolute Gasteiger partial charge is 0.287 e. The molecule has 0 bridgehead atoms. The number of hydrogen-bond donors (Lipinski definition) is 1. The van der Waals surface area contributed by atoms with Gasteiger partial charge >= 0.3 is 0 Å². The Kier molecular flexibility index (Phi) is 5.17. The zero-order chi connectivity index (χ0) is 16.1. The van der Waals surface area contributed by atoms with E-state index in [1.165, 1.54) is 0 Å². The van der Waals surface area contributed by atoms with Gasteiger partial charge in [-0.15, -0.1) is 0 Å². The highest BCUT2D eigenvalue weighted by Crippen LogP contribution is 2.17. The lowest BCUT2D eigenvalue weighted by Crippen LogP contribution is -2.48. The number of nitrogens with one attached hydrogen (secondary N) is 1. The summed E-state index contributed by atoms with van der Waals surface area (Å²) in [5.41, 5.74) is 0. The lowest BCUT2D eigenvalue weighted by Gasteiger charge is -2.32. The molecule has 0 saturated carbocycles. The van der Waals surface area contributed by atoms with E-state index >= 15 is 0 Å². The first kappa shape index (κ1) is 15.9. The first-order valence-electron chi connectivity index (χ1n) is 7.67. The molecule has 122 valence electrons. The molecule has 3 heterocycles. The van der Waals surface area contributed by atoms with Crippen LogP contribution in [-0.2, 0) is 5.75 Å². The fourth-order valence-corrected chi connectivity index (χ4v) is 3.15. The van der Waals surface area contributed by atoms with Crippen molar-refractivity contribution in [3.05, 3.63) is 42.1 Å². The van der Waals surface area contributed by atoms with Gasteiger partial charge < -0.3 is 14.6 Å². The average molecular weight is 332 g/mol. The molecule has 0 aromatic carbocycles. The van der Waals surface area contributed by atoms with E-state index in [0.29, 0.717) is 18.3 Å². The van der Waals surface area contributed by atoms with Gasteiger partial charge in [0.2, 0.25) is 5.95 Å². The molecule has 1 atom stereocenters. The van der Waals surface area contributed by atoms with Crippen LogP contribution in [-0.4, -0.2) is 41.3 Å². The van der Waals surface area contributed by atoms with E-state index in [2.05, 4.69) is 20.2 Å². The zero-order valence-corrected chi connectivity index (χ0v) is 13.9. The number of furan rings is 1. The molecule has 3 rings (SSSR count). The van der Waals surface area contributed by atoms with E-state index in [1.807, 2.05) is 12.3 Å². The van der Waals surface area contributed by atoms with Gasteiger partial charge in [0.1, 0.15) is 5.76 Å². The molecule has 1 N–H and O–H groups in total. The molecular weight excluding hydrogens is 312 g/mol.